The van der Waals surface area contributed by atoms with Crippen molar-refractivity contribution in [3.63, 3.8) is 0 Å². The second-order valence-corrected chi connectivity index (χ2v) is 5.92. The summed E-state index contributed by atoms with van der Waals surface area (Å²) in [6.45, 7) is 2.29. The van der Waals surface area contributed by atoms with Crippen LogP contribution in [0, 0.1) is 0 Å². The average Bonchev–Trinajstić information content (AvgIpc) is 2.41. The highest BCUT2D eigenvalue weighted by Gasteiger charge is 2.13. The van der Waals surface area contributed by atoms with Crippen molar-refractivity contribution in [3.05, 3.63) is 36.2 Å². The van der Waals surface area contributed by atoms with Crippen LogP contribution in [0.3, 0.4) is 0 Å². The summed E-state index contributed by atoms with van der Waals surface area (Å²) < 4.78 is 26.4. The molecule has 0 atom stereocenters. The standard InChI is InChI=1S/C12H17N3O2S/c16-18(17,12-2-1-6-14-10-12)15-9-5-11-3-7-13-8-4-11/h1-3,6,10,13,15H,4-5,7-9H2. The van der Waals surface area contributed by atoms with Gasteiger partial charge in [-0.3, -0.25) is 4.98 Å². The van der Waals surface area contributed by atoms with E-state index in [9.17, 15) is 8.42 Å². The van der Waals surface area contributed by atoms with Crippen molar-refractivity contribution in [2.75, 3.05) is 19.6 Å². The van der Waals surface area contributed by atoms with Crippen LogP contribution < -0.4 is 10.0 Å². The summed E-state index contributed by atoms with van der Waals surface area (Å²) in [5.41, 5.74) is 1.31. The first kappa shape index (κ1) is 13.2. The van der Waals surface area contributed by atoms with Gasteiger partial charge in [-0.1, -0.05) is 11.6 Å². The van der Waals surface area contributed by atoms with Gasteiger partial charge in [0.1, 0.15) is 4.90 Å². The molecule has 6 heteroatoms. The number of hydrogen-bond acceptors (Lipinski definition) is 4. The van der Waals surface area contributed by atoms with E-state index in [-0.39, 0.29) is 4.90 Å². The highest BCUT2D eigenvalue weighted by Crippen LogP contribution is 2.10. The molecule has 0 saturated carbocycles. The van der Waals surface area contributed by atoms with Crippen molar-refractivity contribution >= 4 is 10.0 Å². The number of hydrogen-bond donors (Lipinski definition) is 2. The molecule has 1 aliphatic heterocycles. The molecule has 0 aliphatic carbocycles. The van der Waals surface area contributed by atoms with Gasteiger partial charge < -0.3 is 5.32 Å². The lowest BCUT2D eigenvalue weighted by Crippen LogP contribution is -2.26. The second-order valence-electron chi connectivity index (χ2n) is 4.15. The van der Waals surface area contributed by atoms with Crippen molar-refractivity contribution in [3.8, 4) is 0 Å². The predicted molar refractivity (Wildman–Crippen MR) is 69.6 cm³/mol. The number of nitrogens with zero attached hydrogens (tertiary/aromatic N) is 1. The molecule has 5 nitrogen and oxygen atoms in total. The molecular weight excluding hydrogens is 250 g/mol. The zero-order chi connectivity index (χ0) is 12.8. The lowest BCUT2D eigenvalue weighted by atomic mass is 10.1. The van der Waals surface area contributed by atoms with Gasteiger partial charge in [-0.2, -0.15) is 0 Å². The third-order valence-electron chi connectivity index (χ3n) is 2.84. The van der Waals surface area contributed by atoms with Gasteiger partial charge in [0, 0.05) is 25.5 Å². The minimum absolute atomic E-state index is 0.212. The Balaban J connectivity index is 1.88. The fourth-order valence-corrected chi connectivity index (χ4v) is 2.83. The Morgan fingerprint density at radius 2 is 2.33 bits per heavy atom. The Morgan fingerprint density at radius 3 is 3.00 bits per heavy atom. The van der Waals surface area contributed by atoms with E-state index in [4.69, 9.17) is 0 Å². The van der Waals surface area contributed by atoms with Crippen molar-refractivity contribution in [2.45, 2.75) is 17.7 Å². The molecule has 0 amide bonds. The number of nitrogens with one attached hydrogen (secondary N) is 2. The Labute approximate surface area is 107 Å². The molecule has 0 bridgehead atoms. The van der Waals surface area contributed by atoms with Crippen LogP contribution in [-0.4, -0.2) is 33.0 Å². The first-order chi connectivity index (χ1) is 8.68. The first-order valence-corrected chi connectivity index (χ1v) is 7.45. The minimum atomic E-state index is -3.42. The highest BCUT2D eigenvalue weighted by atomic mass is 32.2. The summed E-state index contributed by atoms with van der Waals surface area (Å²) >= 11 is 0. The van der Waals surface area contributed by atoms with E-state index in [1.54, 1.807) is 18.3 Å². The lowest BCUT2D eigenvalue weighted by Gasteiger charge is -2.14. The van der Waals surface area contributed by atoms with Crippen molar-refractivity contribution in [1.29, 1.82) is 0 Å². The molecule has 0 saturated heterocycles. The van der Waals surface area contributed by atoms with Crippen LogP contribution in [0.5, 0.6) is 0 Å². The summed E-state index contributed by atoms with van der Waals surface area (Å²) in [7, 11) is -3.42. The Hall–Kier alpha value is -1.24. The van der Waals surface area contributed by atoms with Crippen LogP contribution in [0.2, 0.25) is 0 Å². The molecule has 1 aliphatic rings. The smallest absolute Gasteiger partial charge is 0.242 e. The van der Waals surface area contributed by atoms with Crippen molar-refractivity contribution in [2.24, 2.45) is 0 Å². The molecule has 0 fully saturated rings. The third-order valence-corrected chi connectivity index (χ3v) is 4.29. The Kier molecular flexibility index (Phi) is 4.46. The van der Waals surface area contributed by atoms with Crippen LogP contribution in [0.25, 0.3) is 0 Å². The van der Waals surface area contributed by atoms with Crippen LogP contribution in [0.1, 0.15) is 12.8 Å². The summed E-state index contributed by atoms with van der Waals surface area (Å²) in [6, 6.07) is 3.16. The molecule has 0 unspecified atom stereocenters. The highest BCUT2D eigenvalue weighted by molar-refractivity contribution is 7.89. The van der Waals surface area contributed by atoms with Gasteiger partial charge in [0.2, 0.25) is 10.0 Å². The van der Waals surface area contributed by atoms with E-state index in [0.29, 0.717) is 6.54 Å². The topological polar surface area (TPSA) is 71.1 Å². The van der Waals surface area contributed by atoms with Gasteiger partial charge in [-0.05, 0) is 31.5 Å². The molecular formula is C12H17N3O2S. The maximum Gasteiger partial charge on any atom is 0.242 e. The van der Waals surface area contributed by atoms with Gasteiger partial charge >= 0.3 is 0 Å². The maximum atomic E-state index is 11.9. The monoisotopic (exact) mass is 267 g/mol. The number of rotatable bonds is 5. The zero-order valence-corrected chi connectivity index (χ0v) is 10.9. The van der Waals surface area contributed by atoms with Gasteiger partial charge in [-0.15, -0.1) is 0 Å². The first-order valence-electron chi connectivity index (χ1n) is 5.97. The molecule has 1 aromatic heterocycles. The van der Waals surface area contributed by atoms with Gasteiger partial charge in [-0.25, -0.2) is 13.1 Å². The van der Waals surface area contributed by atoms with Crippen LogP contribution in [-0.2, 0) is 10.0 Å². The SMILES string of the molecule is O=S(=O)(NCCC1=CCNCC1)c1cccnc1. The van der Waals surface area contributed by atoms with Crippen molar-refractivity contribution < 1.29 is 8.42 Å². The van der Waals surface area contributed by atoms with E-state index in [0.717, 1.165) is 25.9 Å². The van der Waals surface area contributed by atoms with E-state index in [2.05, 4.69) is 21.1 Å². The van der Waals surface area contributed by atoms with Crippen molar-refractivity contribution in [1.82, 2.24) is 15.0 Å². The lowest BCUT2D eigenvalue weighted by molar-refractivity contribution is 0.579. The van der Waals surface area contributed by atoms with E-state index >= 15 is 0 Å². The minimum Gasteiger partial charge on any atom is -0.313 e. The normalized spacial score (nSPS) is 16.3. The predicted octanol–water partition coefficient (Wildman–Crippen LogP) is 0.670. The Bertz CT molecular complexity index is 511. The number of aromatic nitrogens is 1. The van der Waals surface area contributed by atoms with E-state index in [1.165, 1.54) is 11.8 Å². The molecule has 2 heterocycles. The summed E-state index contributed by atoms with van der Waals surface area (Å²) in [4.78, 5) is 4.02. The molecule has 1 aromatic rings. The Morgan fingerprint density at radius 1 is 1.44 bits per heavy atom. The van der Waals surface area contributed by atoms with E-state index in [1.807, 2.05) is 0 Å². The fraction of sp³-hybridized carbons (Fsp3) is 0.417. The van der Waals surface area contributed by atoms with Gasteiger partial charge in [0.05, 0.1) is 0 Å². The summed E-state index contributed by atoms with van der Waals surface area (Å²) in [5.74, 6) is 0. The fourth-order valence-electron chi connectivity index (χ4n) is 1.83. The largest absolute Gasteiger partial charge is 0.313 e. The zero-order valence-electron chi connectivity index (χ0n) is 10.1. The van der Waals surface area contributed by atoms with Gasteiger partial charge in [0.25, 0.3) is 0 Å². The van der Waals surface area contributed by atoms with Crippen LogP contribution >= 0.6 is 0 Å². The third kappa shape index (κ3) is 3.63. The van der Waals surface area contributed by atoms with E-state index < -0.39 is 10.0 Å². The van der Waals surface area contributed by atoms with Crippen LogP contribution in [0.4, 0.5) is 0 Å². The quantitative estimate of drug-likeness (QED) is 0.769. The molecule has 0 aromatic carbocycles. The summed E-state index contributed by atoms with van der Waals surface area (Å²) in [5, 5.41) is 3.22. The average molecular weight is 267 g/mol. The van der Waals surface area contributed by atoms with Crippen LogP contribution in [0.15, 0.2) is 41.1 Å². The molecule has 0 radical (unpaired) electrons. The number of pyridine rings is 1. The maximum absolute atomic E-state index is 11.9. The summed E-state index contributed by atoms with van der Waals surface area (Å²) in [6.07, 6.45) is 6.79. The molecule has 0 spiro atoms. The second kappa shape index (κ2) is 6.08. The molecule has 2 rings (SSSR count). The van der Waals surface area contributed by atoms with Gasteiger partial charge in [0.15, 0.2) is 0 Å². The molecule has 18 heavy (non-hydrogen) atoms. The molecule has 2 N–H and O–H groups in total. The number of sulfonamides is 1. The molecule has 98 valence electrons.